The van der Waals surface area contributed by atoms with Crippen LogP contribution in [0.3, 0.4) is 0 Å². The molecular weight excluding hydrogens is 485 g/mol. The summed E-state index contributed by atoms with van der Waals surface area (Å²) in [6.45, 7) is 4.24. The van der Waals surface area contributed by atoms with Gasteiger partial charge in [0.15, 0.2) is 10.9 Å². The molecule has 0 unspecified atom stereocenters. The average molecular weight is 509 g/mol. The standard InChI is InChI=1S/C26H23F3N6S/c1-17(2)22-5-3-4-6-23(22)32-25(36)33-31-15-18-7-9-19(10-8-18)24-30-16-35(34-24)21-13-11-20(12-14-21)26(27,28)29/h3-17H,1-2H3,(H2,32,33,36)/b31-15+. The Morgan fingerprint density at radius 2 is 1.69 bits per heavy atom. The van der Waals surface area contributed by atoms with Gasteiger partial charge < -0.3 is 5.32 Å². The van der Waals surface area contributed by atoms with E-state index in [9.17, 15) is 13.2 Å². The molecule has 0 aliphatic carbocycles. The minimum Gasteiger partial charge on any atom is -0.331 e. The van der Waals surface area contributed by atoms with Crippen molar-refractivity contribution in [3.05, 3.63) is 95.8 Å². The predicted octanol–water partition coefficient (Wildman–Crippen LogP) is 6.40. The molecule has 1 aromatic heterocycles. The van der Waals surface area contributed by atoms with Crippen LogP contribution in [0, 0.1) is 0 Å². The van der Waals surface area contributed by atoms with Gasteiger partial charge in [-0.05, 0) is 59.6 Å². The van der Waals surface area contributed by atoms with Gasteiger partial charge in [0.05, 0.1) is 17.5 Å². The van der Waals surface area contributed by atoms with Crippen LogP contribution in [0.5, 0.6) is 0 Å². The van der Waals surface area contributed by atoms with Crippen LogP contribution >= 0.6 is 12.2 Å². The van der Waals surface area contributed by atoms with Gasteiger partial charge in [0.2, 0.25) is 0 Å². The van der Waals surface area contributed by atoms with E-state index in [-0.39, 0.29) is 0 Å². The predicted molar refractivity (Wildman–Crippen MR) is 139 cm³/mol. The highest BCUT2D eigenvalue weighted by atomic mass is 32.1. The lowest BCUT2D eigenvalue weighted by Gasteiger charge is -2.14. The monoisotopic (exact) mass is 508 g/mol. The first-order chi connectivity index (χ1) is 17.2. The van der Waals surface area contributed by atoms with Crippen molar-refractivity contribution in [2.75, 3.05) is 5.32 Å². The number of anilines is 1. The number of aromatic nitrogens is 3. The molecule has 0 fully saturated rings. The van der Waals surface area contributed by atoms with Gasteiger partial charge in [-0.15, -0.1) is 5.10 Å². The van der Waals surface area contributed by atoms with E-state index in [4.69, 9.17) is 12.2 Å². The maximum Gasteiger partial charge on any atom is 0.416 e. The number of hydrazone groups is 1. The van der Waals surface area contributed by atoms with E-state index in [1.165, 1.54) is 23.1 Å². The zero-order valence-corrected chi connectivity index (χ0v) is 20.3. The fourth-order valence-electron chi connectivity index (χ4n) is 3.47. The van der Waals surface area contributed by atoms with Gasteiger partial charge in [0.1, 0.15) is 6.33 Å². The van der Waals surface area contributed by atoms with E-state index >= 15 is 0 Å². The molecule has 0 aliphatic rings. The van der Waals surface area contributed by atoms with Crippen molar-refractivity contribution in [1.82, 2.24) is 20.2 Å². The molecule has 0 atom stereocenters. The van der Waals surface area contributed by atoms with Gasteiger partial charge >= 0.3 is 6.18 Å². The lowest BCUT2D eigenvalue weighted by atomic mass is 10.0. The Morgan fingerprint density at radius 3 is 2.36 bits per heavy atom. The zero-order valence-electron chi connectivity index (χ0n) is 19.5. The van der Waals surface area contributed by atoms with E-state index in [1.54, 1.807) is 6.21 Å². The van der Waals surface area contributed by atoms with Crippen LogP contribution in [0.25, 0.3) is 17.1 Å². The number of rotatable bonds is 6. The zero-order chi connectivity index (χ0) is 25.7. The molecule has 0 amide bonds. The van der Waals surface area contributed by atoms with E-state index in [2.05, 4.69) is 45.8 Å². The molecule has 184 valence electrons. The van der Waals surface area contributed by atoms with Crippen LogP contribution < -0.4 is 10.7 Å². The number of thiocarbonyl (C=S) groups is 1. The fourth-order valence-corrected chi connectivity index (χ4v) is 3.63. The number of halogens is 3. The normalized spacial score (nSPS) is 11.7. The molecule has 10 heteroatoms. The molecule has 0 bridgehead atoms. The smallest absolute Gasteiger partial charge is 0.331 e. The average Bonchev–Trinajstić information content (AvgIpc) is 3.35. The molecule has 3 aromatic carbocycles. The van der Waals surface area contributed by atoms with Crippen molar-refractivity contribution in [3.8, 4) is 17.1 Å². The summed E-state index contributed by atoms with van der Waals surface area (Å²) in [5, 5.41) is 12.1. The molecule has 0 saturated heterocycles. The van der Waals surface area contributed by atoms with E-state index in [1.807, 2.05) is 42.5 Å². The lowest BCUT2D eigenvalue weighted by Crippen LogP contribution is -2.24. The first-order valence-corrected chi connectivity index (χ1v) is 11.5. The second kappa shape index (κ2) is 10.7. The van der Waals surface area contributed by atoms with Gasteiger partial charge in [0, 0.05) is 11.3 Å². The maximum atomic E-state index is 12.8. The third-order valence-electron chi connectivity index (χ3n) is 5.33. The molecule has 6 nitrogen and oxygen atoms in total. The Balaban J connectivity index is 1.36. The first-order valence-electron chi connectivity index (χ1n) is 11.1. The number of benzene rings is 3. The van der Waals surface area contributed by atoms with Crippen LogP contribution in [0.15, 0.2) is 84.2 Å². The number of alkyl halides is 3. The van der Waals surface area contributed by atoms with Crippen LogP contribution in [-0.2, 0) is 6.18 Å². The van der Waals surface area contributed by atoms with Gasteiger partial charge in [-0.25, -0.2) is 9.67 Å². The molecular formula is C26H23F3N6S. The Kier molecular flexibility index (Phi) is 7.44. The van der Waals surface area contributed by atoms with Gasteiger partial charge in [0.25, 0.3) is 0 Å². The largest absolute Gasteiger partial charge is 0.416 e. The summed E-state index contributed by atoms with van der Waals surface area (Å²) in [6.07, 6.45) is -1.28. The highest BCUT2D eigenvalue weighted by Crippen LogP contribution is 2.29. The lowest BCUT2D eigenvalue weighted by molar-refractivity contribution is -0.137. The molecule has 0 spiro atoms. The van der Waals surface area contributed by atoms with Gasteiger partial charge in [-0.3, -0.25) is 5.43 Å². The number of para-hydroxylation sites is 1. The minimum atomic E-state index is -4.38. The summed E-state index contributed by atoms with van der Waals surface area (Å²) in [6, 6.07) is 20.1. The van der Waals surface area contributed by atoms with Crippen molar-refractivity contribution in [2.45, 2.75) is 25.9 Å². The number of hydrogen-bond acceptors (Lipinski definition) is 4. The quantitative estimate of drug-likeness (QED) is 0.179. The summed E-state index contributed by atoms with van der Waals surface area (Å²) in [5.41, 5.74) is 6.28. The Hall–Kier alpha value is -4.05. The molecule has 0 aliphatic heterocycles. The van der Waals surface area contributed by atoms with E-state index < -0.39 is 11.7 Å². The molecule has 36 heavy (non-hydrogen) atoms. The van der Waals surface area contributed by atoms with Gasteiger partial charge in [-0.2, -0.15) is 18.3 Å². The number of nitrogens with one attached hydrogen (secondary N) is 2. The Bertz CT molecular complexity index is 1360. The van der Waals surface area contributed by atoms with E-state index in [0.29, 0.717) is 22.5 Å². The summed E-state index contributed by atoms with van der Waals surface area (Å²) >= 11 is 5.34. The summed E-state index contributed by atoms with van der Waals surface area (Å²) in [5.74, 6) is 0.806. The van der Waals surface area contributed by atoms with Crippen molar-refractivity contribution in [2.24, 2.45) is 5.10 Å². The molecule has 4 rings (SSSR count). The molecule has 0 saturated carbocycles. The van der Waals surface area contributed by atoms with Crippen molar-refractivity contribution < 1.29 is 13.2 Å². The molecule has 1 heterocycles. The Labute approximate surface area is 211 Å². The van der Waals surface area contributed by atoms with E-state index in [0.717, 1.165) is 34.5 Å². The minimum absolute atomic E-state index is 0.356. The molecule has 2 N–H and O–H groups in total. The van der Waals surface area contributed by atoms with Crippen LogP contribution in [-0.4, -0.2) is 26.1 Å². The Morgan fingerprint density at radius 1 is 1.00 bits per heavy atom. The second-order valence-corrected chi connectivity index (χ2v) is 8.65. The van der Waals surface area contributed by atoms with Crippen LogP contribution in [0.2, 0.25) is 0 Å². The summed E-state index contributed by atoms with van der Waals surface area (Å²) in [4.78, 5) is 4.27. The number of nitrogens with zero attached hydrogens (tertiary/aromatic N) is 4. The summed E-state index contributed by atoms with van der Waals surface area (Å²) in [7, 11) is 0. The van der Waals surface area contributed by atoms with Crippen LogP contribution in [0.4, 0.5) is 18.9 Å². The SMILES string of the molecule is CC(C)c1ccccc1NC(=S)N/N=C/c1ccc(-c2ncn(-c3ccc(C(F)(F)F)cc3)n2)cc1. The molecule has 0 radical (unpaired) electrons. The highest BCUT2D eigenvalue weighted by molar-refractivity contribution is 7.80. The molecule has 4 aromatic rings. The first kappa shape index (κ1) is 25.1. The maximum absolute atomic E-state index is 12.8. The highest BCUT2D eigenvalue weighted by Gasteiger charge is 2.30. The van der Waals surface area contributed by atoms with Crippen molar-refractivity contribution in [3.63, 3.8) is 0 Å². The van der Waals surface area contributed by atoms with Gasteiger partial charge in [-0.1, -0.05) is 56.3 Å². The van der Waals surface area contributed by atoms with Crippen molar-refractivity contribution >= 4 is 29.2 Å². The fraction of sp³-hybridized carbons (Fsp3) is 0.154. The summed E-state index contributed by atoms with van der Waals surface area (Å²) < 4.78 is 39.7. The van der Waals surface area contributed by atoms with Crippen molar-refractivity contribution in [1.29, 1.82) is 0 Å². The number of hydrogen-bond donors (Lipinski definition) is 2. The third-order valence-corrected chi connectivity index (χ3v) is 5.52. The third kappa shape index (κ3) is 6.14. The van der Waals surface area contributed by atoms with Crippen LogP contribution in [0.1, 0.15) is 36.5 Å². The topological polar surface area (TPSA) is 67.1 Å². The second-order valence-electron chi connectivity index (χ2n) is 8.25.